The first-order chi connectivity index (χ1) is 16.9. The molecule has 0 bridgehead atoms. The predicted molar refractivity (Wildman–Crippen MR) is 133 cm³/mol. The molecule has 0 unspecified atom stereocenters. The van der Waals surface area contributed by atoms with E-state index in [1.54, 1.807) is 0 Å². The van der Waals surface area contributed by atoms with E-state index in [0.29, 0.717) is 12.8 Å². The second kappa shape index (κ2) is 10.9. The molecule has 0 aliphatic heterocycles. The van der Waals surface area contributed by atoms with E-state index in [4.69, 9.17) is 4.74 Å². The Labute approximate surface area is 206 Å². The average Bonchev–Trinajstić information content (AvgIpc) is 3.42. The summed E-state index contributed by atoms with van der Waals surface area (Å²) in [6.07, 6.45) is 2.76. The molecular formula is C28H34N2O5. The van der Waals surface area contributed by atoms with E-state index in [9.17, 15) is 19.5 Å². The van der Waals surface area contributed by atoms with Crippen molar-refractivity contribution in [2.75, 3.05) is 6.61 Å². The van der Waals surface area contributed by atoms with Gasteiger partial charge in [0.05, 0.1) is 0 Å². The molecule has 0 saturated heterocycles. The third kappa shape index (κ3) is 5.66. The van der Waals surface area contributed by atoms with Crippen LogP contribution in [0.2, 0.25) is 0 Å². The number of aliphatic carboxylic acids is 1. The Balaban J connectivity index is 1.25. The molecule has 1 fully saturated rings. The fraction of sp³-hybridized carbons (Fsp3) is 0.464. The van der Waals surface area contributed by atoms with Crippen LogP contribution in [-0.2, 0) is 14.3 Å². The van der Waals surface area contributed by atoms with Crippen molar-refractivity contribution < 1.29 is 24.2 Å². The highest BCUT2D eigenvalue weighted by molar-refractivity contribution is 5.84. The monoisotopic (exact) mass is 478 g/mol. The molecule has 2 aromatic rings. The van der Waals surface area contributed by atoms with Gasteiger partial charge < -0.3 is 20.5 Å². The lowest BCUT2D eigenvalue weighted by Crippen LogP contribution is -2.45. The van der Waals surface area contributed by atoms with E-state index < -0.39 is 18.1 Å². The van der Waals surface area contributed by atoms with E-state index in [0.717, 1.165) is 12.8 Å². The highest BCUT2D eigenvalue weighted by Gasteiger charge is 2.32. The molecule has 1 saturated carbocycles. The molecular weight excluding hydrogens is 444 g/mol. The number of benzene rings is 2. The van der Waals surface area contributed by atoms with Crippen LogP contribution in [0.25, 0.3) is 11.1 Å². The SMILES string of the molecule is CC[C@H](C)[C@H](NC(=O)C[C@@H]1CC[C@H](NC(=O)OCC2c3ccccc3-c3ccccc32)C1)C(=O)O. The number of hydrogen-bond acceptors (Lipinski definition) is 4. The predicted octanol–water partition coefficient (Wildman–Crippen LogP) is 4.70. The van der Waals surface area contributed by atoms with E-state index in [-0.39, 0.29) is 42.7 Å². The van der Waals surface area contributed by atoms with Crippen LogP contribution in [0.5, 0.6) is 0 Å². The summed E-state index contributed by atoms with van der Waals surface area (Å²) in [6, 6.07) is 15.5. The summed E-state index contributed by atoms with van der Waals surface area (Å²) < 4.78 is 5.64. The number of hydrogen-bond donors (Lipinski definition) is 3. The van der Waals surface area contributed by atoms with E-state index >= 15 is 0 Å². The number of carbonyl (C=O) groups excluding carboxylic acids is 2. The van der Waals surface area contributed by atoms with Crippen LogP contribution in [0.4, 0.5) is 4.79 Å². The summed E-state index contributed by atoms with van der Waals surface area (Å²) in [5, 5.41) is 15.0. The Hall–Kier alpha value is -3.35. The van der Waals surface area contributed by atoms with Crippen LogP contribution >= 0.6 is 0 Å². The molecule has 4 rings (SSSR count). The van der Waals surface area contributed by atoms with Gasteiger partial charge in [0.15, 0.2) is 0 Å². The zero-order valence-electron chi connectivity index (χ0n) is 20.3. The fourth-order valence-corrected chi connectivity index (χ4v) is 5.38. The lowest BCUT2D eigenvalue weighted by atomic mass is 9.98. The van der Waals surface area contributed by atoms with Crippen LogP contribution in [0.15, 0.2) is 48.5 Å². The van der Waals surface area contributed by atoms with Gasteiger partial charge in [-0.3, -0.25) is 4.79 Å². The first-order valence-electron chi connectivity index (χ1n) is 12.5. The maximum atomic E-state index is 12.6. The minimum atomic E-state index is -1.01. The Morgan fingerprint density at radius 3 is 2.26 bits per heavy atom. The van der Waals surface area contributed by atoms with Gasteiger partial charge in [-0.1, -0.05) is 68.8 Å². The molecule has 0 spiro atoms. The summed E-state index contributed by atoms with van der Waals surface area (Å²) >= 11 is 0. The Morgan fingerprint density at radius 1 is 1.03 bits per heavy atom. The largest absolute Gasteiger partial charge is 0.480 e. The molecule has 0 heterocycles. The summed E-state index contributed by atoms with van der Waals surface area (Å²) in [7, 11) is 0. The number of carboxylic acid groups (broad SMARTS) is 1. The van der Waals surface area contributed by atoms with Crippen molar-refractivity contribution in [2.45, 2.75) is 64.0 Å². The van der Waals surface area contributed by atoms with Gasteiger partial charge in [-0.2, -0.15) is 0 Å². The van der Waals surface area contributed by atoms with Crippen LogP contribution in [0, 0.1) is 11.8 Å². The first-order valence-corrected chi connectivity index (χ1v) is 12.5. The first kappa shape index (κ1) is 24.8. The van der Waals surface area contributed by atoms with Crippen LogP contribution < -0.4 is 10.6 Å². The number of amides is 2. The lowest BCUT2D eigenvalue weighted by molar-refractivity contribution is -0.143. The number of carboxylic acids is 1. The fourth-order valence-electron chi connectivity index (χ4n) is 5.38. The maximum absolute atomic E-state index is 12.6. The lowest BCUT2D eigenvalue weighted by Gasteiger charge is -2.21. The van der Waals surface area contributed by atoms with Gasteiger partial charge >= 0.3 is 12.1 Å². The van der Waals surface area contributed by atoms with Gasteiger partial charge in [0.2, 0.25) is 5.91 Å². The van der Waals surface area contributed by atoms with Crippen molar-refractivity contribution in [3.8, 4) is 11.1 Å². The maximum Gasteiger partial charge on any atom is 0.407 e. The third-order valence-corrected chi connectivity index (χ3v) is 7.48. The summed E-state index contributed by atoms with van der Waals surface area (Å²) in [4.78, 5) is 36.4. The molecule has 7 heteroatoms. The summed E-state index contributed by atoms with van der Waals surface area (Å²) in [5.74, 6) is -1.26. The number of rotatable bonds is 9. The number of nitrogens with one attached hydrogen (secondary N) is 2. The van der Waals surface area contributed by atoms with Gasteiger partial charge in [-0.25, -0.2) is 9.59 Å². The van der Waals surface area contributed by atoms with Crippen LogP contribution in [0.3, 0.4) is 0 Å². The van der Waals surface area contributed by atoms with Crippen molar-refractivity contribution in [3.05, 3.63) is 59.7 Å². The zero-order valence-corrected chi connectivity index (χ0v) is 20.3. The molecule has 2 amide bonds. The molecule has 35 heavy (non-hydrogen) atoms. The smallest absolute Gasteiger partial charge is 0.407 e. The van der Waals surface area contributed by atoms with E-state index in [2.05, 4.69) is 34.9 Å². The van der Waals surface area contributed by atoms with Gasteiger partial charge in [0, 0.05) is 18.4 Å². The molecule has 2 aliphatic carbocycles. The second-order valence-electron chi connectivity index (χ2n) is 9.82. The number of carbonyl (C=O) groups is 3. The number of alkyl carbamates (subject to hydrolysis) is 1. The minimum absolute atomic E-state index is 0.0147. The van der Waals surface area contributed by atoms with E-state index in [1.165, 1.54) is 22.3 Å². The van der Waals surface area contributed by atoms with Gasteiger partial charge in [0.25, 0.3) is 0 Å². The van der Waals surface area contributed by atoms with Crippen molar-refractivity contribution in [2.24, 2.45) is 11.8 Å². The standard InChI is InChI=1S/C28H34N2O5/c1-3-17(2)26(27(32)33)30-25(31)15-18-12-13-19(14-18)29-28(34)35-16-24-22-10-6-4-8-20(22)21-9-5-7-11-23(21)24/h4-11,17-19,24,26H,3,12-16H2,1-2H3,(H,29,34)(H,30,31)(H,32,33)/t17-,18+,19-,26-/m0/s1. The Bertz CT molecular complexity index is 1040. The van der Waals surface area contributed by atoms with Gasteiger partial charge in [-0.15, -0.1) is 0 Å². The molecule has 0 aromatic heterocycles. The number of fused-ring (bicyclic) bond motifs is 3. The molecule has 2 aliphatic rings. The van der Waals surface area contributed by atoms with Crippen molar-refractivity contribution in [1.82, 2.24) is 10.6 Å². The van der Waals surface area contributed by atoms with Gasteiger partial charge in [0.1, 0.15) is 12.6 Å². The summed E-state index contributed by atoms with van der Waals surface area (Å²) in [6.45, 7) is 4.00. The minimum Gasteiger partial charge on any atom is -0.480 e. The second-order valence-corrected chi connectivity index (χ2v) is 9.82. The van der Waals surface area contributed by atoms with Crippen LogP contribution in [0.1, 0.15) is 63.0 Å². The molecule has 4 atom stereocenters. The molecule has 2 aromatic carbocycles. The van der Waals surface area contributed by atoms with Crippen molar-refractivity contribution in [3.63, 3.8) is 0 Å². The average molecular weight is 479 g/mol. The molecule has 0 radical (unpaired) electrons. The summed E-state index contributed by atoms with van der Waals surface area (Å²) in [5.41, 5.74) is 4.72. The van der Waals surface area contributed by atoms with Crippen molar-refractivity contribution in [1.29, 1.82) is 0 Å². The van der Waals surface area contributed by atoms with E-state index in [1.807, 2.05) is 38.1 Å². The Kier molecular flexibility index (Phi) is 7.73. The highest BCUT2D eigenvalue weighted by atomic mass is 16.5. The zero-order chi connectivity index (χ0) is 24.9. The third-order valence-electron chi connectivity index (χ3n) is 7.48. The number of ether oxygens (including phenoxy) is 1. The van der Waals surface area contributed by atoms with Gasteiger partial charge in [-0.05, 0) is 53.4 Å². The molecule has 186 valence electrons. The van der Waals surface area contributed by atoms with Crippen molar-refractivity contribution >= 4 is 18.0 Å². The molecule has 7 nitrogen and oxygen atoms in total. The topological polar surface area (TPSA) is 105 Å². The Morgan fingerprint density at radius 2 is 1.66 bits per heavy atom. The highest BCUT2D eigenvalue weighted by Crippen LogP contribution is 2.44. The normalized spacial score (nSPS) is 20.4. The van der Waals surface area contributed by atoms with Crippen LogP contribution in [-0.4, -0.2) is 41.8 Å². The molecule has 3 N–H and O–H groups in total. The quantitative estimate of drug-likeness (QED) is 0.485.